The number of carboxylic acids is 2. The van der Waals surface area contributed by atoms with Gasteiger partial charge in [0.2, 0.25) is 15.9 Å². The van der Waals surface area contributed by atoms with Crippen LogP contribution in [0.15, 0.2) is 29.2 Å². The van der Waals surface area contributed by atoms with E-state index in [2.05, 4.69) is 10.2 Å². The van der Waals surface area contributed by atoms with Gasteiger partial charge in [0, 0.05) is 44.8 Å². The third kappa shape index (κ3) is 7.28. The maximum Gasteiger partial charge on any atom is 0.414 e. The van der Waals surface area contributed by atoms with E-state index in [1.165, 1.54) is 6.92 Å². The van der Waals surface area contributed by atoms with Gasteiger partial charge in [0.25, 0.3) is 0 Å². The highest BCUT2D eigenvalue weighted by Crippen LogP contribution is 2.24. The van der Waals surface area contributed by atoms with Gasteiger partial charge in [-0.3, -0.25) is 9.69 Å². The normalized spacial score (nSPS) is 18.5. The molecule has 0 atom stereocenters. The Morgan fingerprint density at radius 1 is 0.968 bits per heavy atom. The first-order chi connectivity index (χ1) is 14.6. The van der Waals surface area contributed by atoms with E-state index < -0.39 is 22.0 Å². The number of benzene rings is 1. The lowest BCUT2D eigenvalue weighted by atomic mass is 10.0. The van der Waals surface area contributed by atoms with Crippen LogP contribution in [0.3, 0.4) is 0 Å². The van der Waals surface area contributed by atoms with Gasteiger partial charge in [0.05, 0.1) is 18.1 Å². The van der Waals surface area contributed by atoms with Crippen molar-refractivity contribution in [3.8, 4) is 0 Å². The van der Waals surface area contributed by atoms with Gasteiger partial charge in [-0.25, -0.2) is 18.0 Å². The average molecular weight is 458 g/mol. The second kappa shape index (κ2) is 11.2. The fourth-order valence-corrected chi connectivity index (χ4v) is 4.92. The van der Waals surface area contributed by atoms with Crippen molar-refractivity contribution in [2.45, 2.75) is 30.7 Å². The molecule has 12 heteroatoms. The minimum atomic E-state index is -3.48. The smallest absolute Gasteiger partial charge is 0.414 e. The number of amides is 1. The number of carbonyl (C=O) groups is 3. The van der Waals surface area contributed by atoms with Crippen molar-refractivity contribution in [3.63, 3.8) is 0 Å². The first-order valence-corrected chi connectivity index (χ1v) is 11.2. The lowest BCUT2D eigenvalue weighted by Crippen LogP contribution is -2.50. The molecule has 0 aromatic heterocycles. The maximum absolute atomic E-state index is 12.8. The molecule has 2 heterocycles. The Balaban J connectivity index is 0.000000501. The number of ether oxygens (including phenoxy) is 1. The van der Waals surface area contributed by atoms with E-state index in [1.54, 1.807) is 28.6 Å². The minimum Gasteiger partial charge on any atom is -0.473 e. The third-order valence-corrected chi connectivity index (χ3v) is 6.89. The van der Waals surface area contributed by atoms with Gasteiger partial charge < -0.3 is 20.3 Å². The van der Waals surface area contributed by atoms with Gasteiger partial charge in [-0.05, 0) is 37.1 Å². The van der Waals surface area contributed by atoms with E-state index in [9.17, 15) is 13.2 Å². The van der Waals surface area contributed by atoms with Crippen molar-refractivity contribution in [3.05, 3.63) is 24.3 Å². The zero-order chi connectivity index (χ0) is 23.0. The first kappa shape index (κ1) is 24.7. The average Bonchev–Trinajstić information content (AvgIpc) is 2.75. The number of rotatable bonds is 4. The summed E-state index contributed by atoms with van der Waals surface area (Å²) in [5.41, 5.74) is 0.595. The van der Waals surface area contributed by atoms with Crippen molar-refractivity contribution >= 4 is 33.6 Å². The highest BCUT2D eigenvalue weighted by molar-refractivity contribution is 7.89. The molecule has 0 bridgehead atoms. The zero-order valence-corrected chi connectivity index (χ0v) is 18.0. The maximum atomic E-state index is 12.8. The van der Waals surface area contributed by atoms with Crippen molar-refractivity contribution in [2.24, 2.45) is 0 Å². The van der Waals surface area contributed by atoms with E-state index >= 15 is 0 Å². The van der Waals surface area contributed by atoms with Crippen LogP contribution >= 0.6 is 0 Å². The summed E-state index contributed by atoms with van der Waals surface area (Å²) in [5.74, 6) is -3.83. The van der Waals surface area contributed by atoms with Gasteiger partial charge in [-0.1, -0.05) is 0 Å². The van der Waals surface area contributed by atoms with E-state index in [-0.39, 0.29) is 10.8 Å². The third-order valence-electron chi connectivity index (χ3n) is 4.98. The van der Waals surface area contributed by atoms with Crippen molar-refractivity contribution < 1.29 is 37.8 Å². The summed E-state index contributed by atoms with van der Waals surface area (Å²) < 4.78 is 32.6. The Bertz CT molecular complexity index is 862. The van der Waals surface area contributed by atoms with E-state index in [0.29, 0.717) is 24.8 Å². The topological polar surface area (TPSA) is 154 Å². The monoisotopic (exact) mass is 457 g/mol. The number of carboxylic acid groups (broad SMARTS) is 2. The minimum absolute atomic E-state index is 0.180. The number of anilines is 1. The molecule has 31 heavy (non-hydrogen) atoms. The van der Waals surface area contributed by atoms with Crippen LogP contribution in [0.25, 0.3) is 0 Å². The molecule has 1 aromatic carbocycles. The fourth-order valence-electron chi connectivity index (χ4n) is 3.45. The highest BCUT2D eigenvalue weighted by atomic mass is 32.2. The number of hydrogen-bond acceptors (Lipinski definition) is 7. The largest absolute Gasteiger partial charge is 0.473 e. The standard InChI is InChI=1S/C17H25N3O4S.C2H2O4/c1-14(21)18-15-2-4-17(5-3-15)25(22,23)20-8-6-16(7-9-20)19-10-12-24-13-11-19;3-1(4)2(5)6/h2-5,16H,6-13H2,1H3,(H,18,21);(H,3,4)(H,5,6). The Morgan fingerprint density at radius 3 is 1.94 bits per heavy atom. The second-order valence-corrected chi connectivity index (χ2v) is 9.04. The molecule has 0 aliphatic carbocycles. The lowest BCUT2D eigenvalue weighted by molar-refractivity contribution is -0.159. The predicted octanol–water partition coefficient (Wildman–Crippen LogP) is 0.286. The fraction of sp³-hybridized carbons (Fsp3) is 0.526. The summed E-state index contributed by atoms with van der Waals surface area (Å²) in [6.07, 6.45) is 1.70. The molecule has 0 saturated carbocycles. The molecule has 0 radical (unpaired) electrons. The lowest BCUT2D eigenvalue weighted by Gasteiger charge is -2.39. The Morgan fingerprint density at radius 2 is 1.48 bits per heavy atom. The molecule has 1 amide bonds. The molecule has 2 aliphatic rings. The molecule has 2 aliphatic heterocycles. The zero-order valence-electron chi connectivity index (χ0n) is 17.2. The Labute approximate surface area is 180 Å². The van der Waals surface area contributed by atoms with E-state index in [0.717, 1.165) is 39.1 Å². The number of aliphatic carboxylic acids is 2. The van der Waals surface area contributed by atoms with E-state index in [1.807, 2.05) is 0 Å². The van der Waals surface area contributed by atoms with Crippen LogP contribution < -0.4 is 5.32 Å². The molecule has 0 unspecified atom stereocenters. The number of hydrogen-bond donors (Lipinski definition) is 3. The van der Waals surface area contributed by atoms with Gasteiger partial charge in [-0.15, -0.1) is 0 Å². The molecule has 3 N–H and O–H groups in total. The van der Waals surface area contributed by atoms with Crippen molar-refractivity contribution in [2.75, 3.05) is 44.7 Å². The number of nitrogens with one attached hydrogen (secondary N) is 1. The van der Waals surface area contributed by atoms with Gasteiger partial charge in [0.1, 0.15) is 0 Å². The summed E-state index contributed by atoms with van der Waals surface area (Å²) in [4.78, 5) is 31.9. The van der Waals surface area contributed by atoms with Crippen molar-refractivity contribution in [1.82, 2.24) is 9.21 Å². The summed E-state index contributed by atoms with van der Waals surface area (Å²) in [6, 6.07) is 6.78. The molecule has 1 aromatic rings. The van der Waals surface area contributed by atoms with Crippen LogP contribution in [0.5, 0.6) is 0 Å². The number of sulfonamides is 1. The van der Waals surface area contributed by atoms with Gasteiger partial charge in [0.15, 0.2) is 0 Å². The van der Waals surface area contributed by atoms with Crippen LogP contribution in [-0.2, 0) is 29.1 Å². The first-order valence-electron chi connectivity index (χ1n) is 9.77. The quantitative estimate of drug-likeness (QED) is 0.541. The van der Waals surface area contributed by atoms with Gasteiger partial charge >= 0.3 is 11.9 Å². The molecule has 11 nitrogen and oxygen atoms in total. The van der Waals surface area contributed by atoms with Crippen LogP contribution in [-0.4, -0.2) is 91.1 Å². The van der Waals surface area contributed by atoms with Crippen LogP contribution in [0.4, 0.5) is 5.69 Å². The number of morpholine rings is 1. The van der Waals surface area contributed by atoms with Gasteiger partial charge in [-0.2, -0.15) is 4.31 Å². The molecular formula is C19H27N3O8S. The Hall–Kier alpha value is -2.54. The molecule has 3 rings (SSSR count). The Kier molecular flexibility index (Phi) is 8.92. The van der Waals surface area contributed by atoms with Crippen LogP contribution in [0.1, 0.15) is 19.8 Å². The highest BCUT2D eigenvalue weighted by Gasteiger charge is 2.32. The number of piperidine rings is 1. The summed E-state index contributed by atoms with van der Waals surface area (Å²) in [6.45, 7) is 5.89. The molecule has 2 fully saturated rings. The van der Waals surface area contributed by atoms with Crippen LogP contribution in [0.2, 0.25) is 0 Å². The summed E-state index contributed by atoms with van der Waals surface area (Å²) in [7, 11) is -3.48. The molecule has 0 spiro atoms. The molecule has 2 saturated heterocycles. The number of nitrogens with zero attached hydrogens (tertiary/aromatic N) is 2. The van der Waals surface area contributed by atoms with E-state index in [4.69, 9.17) is 24.5 Å². The SMILES string of the molecule is CC(=O)Nc1ccc(S(=O)(=O)N2CCC(N3CCOCC3)CC2)cc1.O=C(O)C(=O)O. The number of carbonyl (C=O) groups excluding carboxylic acids is 1. The predicted molar refractivity (Wildman–Crippen MR) is 110 cm³/mol. The van der Waals surface area contributed by atoms with Crippen LogP contribution in [0, 0.1) is 0 Å². The second-order valence-electron chi connectivity index (χ2n) is 7.10. The summed E-state index contributed by atoms with van der Waals surface area (Å²) >= 11 is 0. The molecule has 172 valence electrons. The molecular weight excluding hydrogens is 430 g/mol. The summed E-state index contributed by atoms with van der Waals surface area (Å²) in [5, 5.41) is 17.4. The van der Waals surface area contributed by atoms with Crippen molar-refractivity contribution in [1.29, 1.82) is 0 Å².